The van der Waals surface area contributed by atoms with Crippen molar-refractivity contribution in [1.29, 1.82) is 5.41 Å². The molecule has 0 aliphatic carbocycles. The van der Waals surface area contributed by atoms with Gasteiger partial charge in [-0.2, -0.15) is 0 Å². The molecular weight excluding hydrogens is 272 g/mol. The fourth-order valence-electron chi connectivity index (χ4n) is 2.16. The SMILES string of the molecule is N=C(N)c1ccc2c(c1)sc1cc(/C(N)=N/O)ccc12. The molecule has 0 aliphatic rings. The minimum absolute atomic E-state index is 0.0571. The smallest absolute Gasteiger partial charge is 0.170 e. The molecule has 0 saturated carbocycles. The molecule has 6 heteroatoms. The van der Waals surface area contributed by atoms with Crippen LogP contribution in [0.15, 0.2) is 41.6 Å². The Hall–Kier alpha value is -2.60. The molecule has 0 bridgehead atoms. The Balaban J connectivity index is 2.27. The maximum atomic E-state index is 8.73. The molecule has 0 unspecified atom stereocenters. The van der Waals surface area contributed by atoms with Crippen LogP contribution in [0.3, 0.4) is 0 Å². The summed E-state index contributed by atoms with van der Waals surface area (Å²) in [6, 6.07) is 11.4. The van der Waals surface area contributed by atoms with Crippen LogP contribution in [0, 0.1) is 5.41 Å². The Bertz CT molecular complexity index is 866. The summed E-state index contributed by atoms with van der Waals surface area (Å²) in [7, 11) is 0. The van der Waals surface area contributed by atoms with E-state index in [4.69, 9.17) is 22.1 Å². The first-order valence-corrected chi connectivity index (χ1v) is 6.70. The molecule has 0 amide bonds. The predicted octanol–water partition coefficient (Wildman–Crippen LogP) is 2.43. The van der Waals surface area contributed by atoms with E-state index in [9.17, 15) is 0 Å². The van der Waals surface area contributed by atoms with Crippen molar-refractivity contribution in [3.8, 4) is 0 Å². The third kappa shape index (κ3) is 1.86. The lowest BCUT2D eigenvalue weighted by Crippen LogP contribution is -2.12. The zero-order valence-corrected chi connectivity index (χ0v) is 11.2. The topological polar surface area (TPSA) is 108 Å². The third-order valence-electron chi connectivity index (χ3n) is 3.19. The number of fused-ring (bicyclic) bond motifs is 3. The monoisotopic (exact) mass is 284 g/mol. The maximum Gasteiger partial charge on any atom is 0.170 e. The first kappa shape index (κ1) is 12.4. The Labute approximate surface area is 118 Å². The minimum Gasteiger partial charge on any atom is -0.409 e. The molecule has 0 aliphatic heterocycles. The second-order valence-corrected chi connectivity index (χ2v) is 5.51. The van der Waals surface area contributed by atoms with Crippen molar-refractivity contribution in [1.82, 2.24) is 0 Å². The number of hydrogen-bond donors (Lipinski definition) is 4. The normalized spacial score (nSPS) is 12.1. The lowest BCUT2D eigenvalue weighted by molar-refractivity contribution is 0.318. The van der Waals surface area contributed by atoms with Crippen molar-refractivity contribution in [3.63, 3.8) is 0 Å². The molecule has 2 aromatic carbocycles. The zero-order valence-electron chi connectivity index (χ0n) is 10.4. The molecule has 100 valence electrons. The fraction of sp³-hybridized carbons (Fsp3) is 0. The van der Waals surface area contributed by atoms with E-state index in [2.05, 4.69) is 5.16 Å². The lowest BCUT2D eigenvalue weighted by atomic mass is 10.1. The van der Waals surface area contributed by atoms with E-state index in [1.54, 1.807) is 11.3 Å². The Morgan fingerprint density at radius 1 is 1.00 bits per heavy atom. The van der Waals surface area contributed by atoms with Crippen LogP contribution in [0.2, 0.25) is 0 Å². The number of nitrogens with zero attached hydrogens (tertiary/aromatic N) is 1. The number of amidine groups is 2. The summed E-state index contributed by atoms with van der Waals surface area (Å²) < 4.78 is 2.11. The summed E-state index contributed by atoms with van der Waals surface area (Å²) in [5.41, 5.74) is 12.5. The van der Waals surface area contributed by atoms with Crippen molar-refractivity contribution in [2.45, 2.75) is 0 Å². The summed E-state index contributed by atoms with van der Waals surface area (Å²) in [6.45, 7) is 0. The average Bonchev–Trinajstić information content (AvgIpc) is 2.82. The van der Waals surface area contributed by atoms with Crippen molar-refractivity contribution in [2.24, 2.45) is 16.6 Å². The van der Waals surface area contributed by atoms with E-state index >= 15 is 0 Å². The highest BCUT2D eigenvalue weighted by Crippen LogP contribution is 2.34. The highest BCUT2D eigenvalue weighted by molar-refractivity contribution is 7.25. The van der Waals surface area contributed by atoms with Crippen molar-refractivity contribution in [3.05, 3.63) is 47.5 Å². The molecule has 3 rings (SSSR count). The summed E-state index contributed by atoms with van der Waals surface area (Å²) in [4.78, 5) is 0. The fourth-order valence-corrected chi connectivity index (χ4v) is 3.35. The number of nitrogens with one attached hydrogen (secondary N) is 1. The van der Waals surface area contributed by atoms with Gasteiger partial charge in [0.15, 0.2) is 5.84 Å². The van der Waals surface area contributed by atoms with Gasteiger partial charge in [0.25, 0.3) is 0 Å². The number of benzene rings is 2. The molecule has 0 fully saturated rings. The number of hydrogen-bond acceptors (Lipinski definition) is 4. The van der Waals surface area contributed by atoms with Gasteiger partial charge in [-0.1, -0.05) is 29.4 Å². The van der Waals surface area contributed by atoms with E-state index in [0.717, 1.165) is 20.2 Å². The second kappa shape index (κ2) is 4.50. The number of nitrogen functional groups attached to an aromatic ring is 1. The molecule has 1 aromatic heterocycles. The van der Waals surface area contributed by atoms with Gasteiger partial charge in [0.1, 0.15) is 5.84 Å². The molecule has 6 N–H and O–H groups in total. The molecule has 0 spiro atoms. The van der Waals surface area contributed by atoms with Gasteiger partial charge >= 0.3 is 0 Å². The maximum absolute atomic E-state index is 8.73. The molecular formula is C14H12N4OS. The number of thiophene rings is 1. The van der Waals surface area contributed by atoms with E-state index in [1.165, 1.54) is 0 Å². The largest absolute Gasteiger partial charge is 0.409 e. The second-order valence-electron chi connectivity index (χ2n) is 4.42. The summed E-state index contributed by atoms with van der Waals surface area (Å²) in [5.74, 6) is 0.149. The van der Waals surface area contributed by atoms with Crippen molar-refractivity contribution < 1.29 is 5.21 Å². The van der Waals surface area contributed by atoms with Crippen LogP contribution in [0.25, 0.3) is 20.2 Å². The highest BCUT2D eigenvalue weighted by Gasteiger charge is 2.09. The van der Waals surface area contributed by atoms with Gasteiger partial charge in [0, 0.05) is 31.3 Å². The van der Waals surface area contributed by atoms with Gasteiger partial charge in [0.2, 0.25) is 0 Å². The summed E-state index contributed by atoms with van der Waals surface area (Å²) >= 11 is 1.59. The van der Waals surface area contributed by atoms with E-state index < -0.39 is 0 Å². The van der Waals surface area contributed by atoms with E-state index in [0.29, 0.717) is 11.1 Å². The van der Waals surface area contributed by atoms with E-state index in [-0.39, 0.29) is 11.7 Å². The third-order valence-corrected chi connectivity index (χ3v) is 4.30. The lowest BCUT2D eigenvalue weighted by Gasteiger charge is -1.99. The minimum atomic E-state index is 0.0571. The first-order chi connectivity index (χ1) is 9.60. The molecule has 3 aromatic rings. The van der Waals surface area contributed by atoms with Gasteiger partial charge in [-0.15, -0.1) is 11.3 Å². The van der Waals surface area contributed by atoms with Crippen LogP contribution < -0.4 is 11.5 Å². The molecule has 0 saturated heterocycles. The molecule has 5 nitrogen and oxygen atoms in total. The van der Waals surface area contributed by atoms with Gasteiger partial charge in [-0.3, -0.25) is 5.41 Å². The van der Waals surface area contributed by atoms with Crippen LogP contribution in [-0.2, 0) is 0 Å². The van der Waals surface area contributed by atoms with Crippen molar-refractivity contribution >= 4 is 43.2 Å². The predicted molar refractivity (Wildman–Crippen MR) is 82.9 cm³/mol. The molecule has 1 heterocycles. The average molecular weight is 284 g/mol. The molecule has 20 heavy (non-hydrogen) atoms. The standard InChI is InChI=1S/C14H12N4OS/c15-13(16)7-1-3-9-10-4-2-8(14(17)18-19)6-12(10)20-11(9)5-7/h1-6,19H,(H3,15,16)(H2,17,18). The molecule has 0 radical (unpaired) electrons. The summed E-state index contributed by atoms with van der Waals surface area (Å²) in [5, 5.41) is 21.4. The number of nitrogens with two attached hydrogens (primary N) is 2. The van der Waals surface area contributed by atoms with Crippen LogP contribution in [-0.4, -0.2) is 16.9 Å². The first-order valence-electron chi connectivity index (χ1n) is 5.89. The van der Waals surface area contributed by atoms with Crippen LogP contribution in [0.4, 0.5) is 0 Å². The van der Waals surface area contributed by atoms with Gasteiger partial charge in [-0.05, 0) is 12.1 Å². The zero-order chi connectivity index (χ0) is 14.3. The Kier molecular flexibility index (Phi) is 2.80. The number of rotatable bonds is 2. The summed E-state index contributed by atoms with van der Waals surface area (Å²) in [6.07, 6.45) is 0. The quantitative estimate of drug-likeness (QED) is 0.251. The van der Waals surface area contributed by atoms with Crippen LogP contribution in [0.5, 0.6) is 0 Å². The number of oxime groups is 1. The van der Waals surface area contributed by atoms with Gasteiger partial charge < -0.3 is 16.7 Å². The van der Waals surface area contributed by atoms with Crippen molar-refractivity contribution in [2.75, 3.05) is 0 Å². The Morgan fingerprint density at radius 2 is 1.55 bits per heavy atom. The van der Waals surface area contributed by atoms with E-state index in [1.807, 2.05) is 36.4 Å². The van der Waals surface area contributed by atoms with Gasteiger partial charge in [-0.25, -0.2) is 0 Å². The Morgan fingerprint density at radius 3 is 2.10 bits per heavy atom. The molecule has 0 atom stereocenters. The van der Waals surface area contributed by atoms with Crippen LogP contribution in [0.1, 0.15) is 11.1 Å². The highest BCUT2D eigenvalue weighted by atomic mass is 32.1. The van der Waals surface area contributed by atoms with Gasteiger partial charge in [0.05, 0.1) is 0 Å². The van der Waals surface area contributed by atoms with Crippen LogP contribution >= 0.6 is 11.3 Å².